The molecule has 4 atom stereocenters. The molecule has 14 heavy (non-hydrogen) atoms. The Morgan fingerprint density at radius 1 is 1.57 bits per heavy atom. The van der Waals surface area contributed by atoms with Crippen LogP contribution in [0.5, 0.6) is 0 Å². The number of carbonyl (C=O) groups is 2. The standard InChI is InChI=1S/C9H11BrO4/c10-3-6-4-1-2-5(8(11)12)7(4)9(13)14-6/h4-7H,1-3H2,(H,11,12). The number of carboxylic acids is 1. The maximum absolute atomic E-state index is 11.4. The fourth-order valence-electron chi connectivity index (χ4n) is 2.52. The number of halogens is 1. The molecule has 0 amide bonds. The second-order valence-corrected chi connectivity index (χ2v) is 4.49. The summed E-state index contributed by atoms with van der Waals surface area (Å²) in [6.45, 7) is 0. The summed E-state index contributed by atoms with van der Waals surface area (Å²) in [5, 5.41) is 9.52. The molecule has 0 aromatic carbocycles. The van der Waals surface area contributed by atoms with E-state index in [0.29, 0.717) is 11.8 Å². The molecule has 2 aliphatic rings. The molecule has 1 aliphatic carbocycles. The molecule has 1 saturated carbocycles. The molecule has 0 bridgehead atoms. The van der Waals surface area contributed by atoms with Crippen molar-refractivity contribution >= 4 is 27.9 Å². The highest BCUT2D eigenvalue weighted by Crippen LogP contribution is 2.45. The average Bonchev–Trinajstić information content (AvgIpc) is 2.67. The molecule has 1 saturated heterocycles. The Morgan fingerprint density at radius 3 is 2.86 bits per heavy atom. The van der Waals surface area contributed by atoms with Crippen LogP contribution in [0.2, 0.25) is 0 Å². The lowest BCUT2D eigenvalue weighted by Crippen LogP contribution is -2.25. The first-order chi connectivity index (χ1) is 6.65. The summed E-state index contributed by atoms with van der Waals surface area (Å²) in [5.74, 6) is -2.04. The Kier molecular flexibility index (Phi) is 2.51. The molecule has 0 spiro atoms. The largest absolute Gasteiger partial charge is 0.481 e. The second kappa shape index (κ2) is 3.53. The second-order valence-electron chi connectivity index (χ2n) is 3.84. The van der Waals surface area contributed by atoms with Crippen LogP contribution in [0, 0.1) is 17.8 Å². The number of esters is 1. The van der Waals surface area contributed by atoms with Crippen molar-refractivity contribution in [2.45, 2.75) is 18.9 Å². The summed E-state index contributed by atoms with van der Waals surface area (Å²) in [4.78, 5) is 22.3. The number of carbonyl (C=O) groups excluding carboxylic acids is 1. The van der Waals surface area contributed by atoms with Crippen molar-refractivity contribution in [3.63, 3.8) is 0 Å². The maximum atomic E-state index is 11.4. The monoisotopic (exact) mass is 262 g/mol. The number of carboxylic acid groups (broad SMARTS) is 1. The molecular formula is C9H11BrO4. The summed E-state index contributed by atoms with van der Waals surface area (Å²) in [6.07, 6.45) is 1.25. The molecular weight excluding hydrogens is 252 g/mol. The van der Waals surface area contributed by atoms with Gasteiger partial charge in [0, 0.05) is 11.2 Å². The molecule has 0 radical (unpaired) electrons. The number of cyclic esters (lactones) is 1. The Bertz CT molecular complexity index is 278. The lowest BCUT2D eigenvalue weighted by molar-refractivity contribution is -0.152. The molecule has 0 aromatic heterocycles. The molecule has 5 heteroatoms. The van der Waals surface area contributed by atoms with E-state index in [1.54, 1.807) is 0 Å². The fourth-order valence-corrected chi connectivity index (χ4v) is 3.14. The number of hydrogen-bond donors (Lipinski definition) is 1. The van der Waals surface area contributed by atoms with Crippen LogP contribution < -0.4 is 0 Å². The molecule has 0 aromatic rings. The van der Waals surface area contributed by atoms with E-state index in [4.69, 9.17) is 9.84 Å². The van der Waals surface area contributed by atoms with Gasteiger partial charge in [0.2, 0.25) is 0 Å². The zero-order valence-corrected chi connectivity index (χ0v) is 9.07. The SMILES string of the molecule is O=C(O)C1CCC2C(CBr)OC(=O)C12. The topological polar surface area (TPSA) is 63.6 Å². The molecule has 1 N–H and O–H groups in total. The Balaban J connectivity index is 2.19. The minimum Gasteiger partial charge on any atom is -0.481 e. The summed E-state index contributed by atoms with van der Waals surface area (Å²) in [5.41, 5.74) is 0. The predicted molar refractivity (Wildman–Crippen MR) is 51.0 cm³/mol. The van der Waals surface area contributed by atoms with E-state index in [9.17, 15) is 9.59 Å². The van der Waals surface area contributed by atoms with Gasteiger partial charge in [-0.3, -0.25) is 9.59 Å². The van der Waals surface area contributed by atoms with E-state index in [2.05, 4.69) is 15.9 Å². The summed E-state index contributed by atoms with van der Waals surface area (Å²) in [6, 6.07) is 0. The fraction of sp³-hybridized carbons (Fsp3) is 0.778. The van der Waals surface area contributed by atoms with Crippen LogP contribution in [0.4, 0.5) is 0 Å². The zero-order chi connectivity index (χ0) is 10.3. The van der Waals surface area contributed by atoms with E-state index in [1.807, 2.05) is 0 Å². The third kappa shape index (κ3) is 1.34. The molecule has 1 heterocycles. The third-order valence-electron chi connectivity index (χ3n) is 3.19. The highest BCUT2D eigenvalue weighted by Gasteiger charge is 2.54. The van der Waals surface area contributed by atoms with Gasteiger partial charge in [-0.05, 0) is 12.8 Å². The number of alkyl halides is 1. The molecule has 2 rings (SSSR count). The van der Waals surface area contributed by atoms with Crippen LogP contribution in [0.1, 0.15) is 12.8 Å². The van der Waals surface area contributed by atoms with Gasteiger partial charge in [0.1, 0.15) is 6.10 Å². The lowest BCUT2D eigenvalue weighted by atomic mass is 9.89. The normalized spacial score (nSPS) is 40.8. The number of aliphatic carboxylic acids is 1. The van der Waals surface area contributed by atoms with Gasteiger partial charge in [0.25, 0.3) is 0 Å². The molecule has 4 unspecified atom stereocenters. The smallest absolute Gasteiger partial charge is 0.310 e. The minimum atomic E-state index is -0.871. The lowest BCUT2D eigenvalue weighted by Gasteiger charge is -2.11. The van der Waals surface area contributed by atoms with Crippen LogP contribution in [-0.4, -0.2) is 28.5 Å². The van der Waals surface area contributed by atoms with Gasteiger partial charge in [0.05, 0.1) is 11.8 Å². The van der Waals surface area contributed by atoms with Crippen LogP contribution in [0.3, 0.4) is 0 Å². The van der Waals surface area contributed by atoms with Gasteiger partial charge in [-0.2, -0.15) is 0 Å². The zero-order valence-electron chi connectivity index (χ0n) is 7.48. The van der Waals surface area contributed by atoms with E-state index < -0.39 is 17.8 Å². The van der Waals surface area contributed by atoms with Crippen LogP contribution in [0.25, 0.3) is 0 Å². The van der Waals surface area contributed by atoms with Crippen molar-refractivity contribution in [2.75, 3.05) is 5.33 Å². The van der Waals surface area contributed by atoms with Gasteiger partial charge in [-0.1, -0.05) is 15.9 Å². The van der Waals surface area contributed by atoms with Crippen LogP contribution in [-0.2, 0) is 14.3 Å². The summed E-state index contributed by atoms with van der Waals surface area (Å²) < 4.78 is 5.11. The maximum Gasteiger partial charge on any atom is 0.310 e. The van der Waals surface area contributed by atoms with Crippen molar-refractivity contribution in [2.24, 2.45) is 17.8 Å². The Labute approximate surface area is 89.7 Å². The van der Waals surface area contributed by atoms with Crippen molar-refractivity contribution in [3.05, 3.63) is 0 Å². The van der Waals surface area contributed by atoms with Crippen molar-refractivity contribution < 1.29 is 19.4 Å². The van der Waals surface area contributed by atoms with Gasteiger partial charge < -0.3 is 9.84 Å². The van der Waals surface area contributed by atoms with Gasteiger partial charge in [0.15, 0.2) is 0 Å². The first-order valence-corrected chi connectivity index (χ1v) is 5.76. The number of rotatable bonds is 2. The molecule has 78 valence electrons. The van der Waals surface area contributed by atoms with E-state index in [-0.39, 0.29) is 18.0 Å². The van der Waals surface area contributed by atoms with Gasteiger partial charge in [-0.15, -0.1) is 0 Å². The Morgan fingerprint density at radius 2 is 2.29 bits per heavy atom. The quantitative estimate of drug-likeness (QED) is 0.597. The highest BCUT2D eigenvalue weighted by molar-refractivity contribution is 9.09. The number of ether oxygens (including phenoxy) is 1. The van der Waals surface area contributed by atoms with E-state index in [0.717, 1.165) is 6.42 Å². The van der Waals surface area contributed by atoms with Gasteiger partial charge >= 0.3 is 11.9 Å². The number of fused-ring (bicyclic) bond motifs is 1. The highest BCUT2D eigenvalue weighted by atomic mass is 79.9. The summed E-state index contributed by atoms with van der Waals surface area (Å²) in [7, 11) is 0. The van der Waals surface area contributed by atoms with Crippen molar-refractivity contribution in [1.29, 1.82) is 0 Å². The van der Waals surface area contributed by atoms with Crippen LogP contribution in [0.15, 0.2) is 0 Å². The van der Waals surface area contributed by atoms with Gasteiger partial charge in [-0.25, -0.2) is 0 Å². The molecule has 4 nitrogen and oxygen atoms in total. The van der Waals surface area contributed by atoms with E-state index >= 15 is 0 Å². The third-order valence-corrected chi connectivity index (χ3v) is 3.83. The first-order valence-electron chi connectivity index (χ1n) is 4.64. The Hall–Kier alpha value is -0.580. The van der Waals surface area contributed by atoms with E-state index in [1.165, 1.54) is 0 Å². The first kappa shape index (κ1) is 9.96. The van der Waals surface area contributed by atoms with Crippen molar-refractivity contribution in [3.8, 4) is 0 Å². The van der Waals surface area contributed by atoms with Crippen molar-refractivity contribution in [1.82, 2.24) is 0 Å². The minimum absolute atomic E-state index is 0.1000. The molecule has 2 fully saturated rings. The summed E-state index contributed by atoms with van der Waals surface area (Å²) >= 11 is 3.27. The van der Waals surface area contributed by atoms with Crippen LogP contribution >= 0.6 is 15.9 Å². The average molecular weight is 263 g/mol. The predicted octanol–water partition coefficient (Wildman–Crippen LogP) is 1.03. The molecule has 1 aliphatic heterocycles. The number of hydrogen-bond acceptors (Lipinski definition) is 3.